The second-order valence-electron chi connectivity index (χ2n) is 6.82. The average molecular weight is 371 g/mol. The zero-order valence-electron chi connectivity index (χ0n) is 15.4. The monoisotopic (exact) mass is 371 g/mol. The fourth-order valence-electron chi connectivity index (χ4n) is 3.52. The molecule has 2 aliphatic rings. The number of piperidine rings is 1. The van der Waals surface area contributed by atoms with Crippen molar-refractivity contribution in [3.05, 3.63) is 30.3 Å². The van der Waals surface area contributed by atoms with Crippen LogP contribution in [0, 0.1) is 17.2 Å². The SMILES string of the molecule is N#C[C@@H]1COCCN1C(=O)C1CCN(C(=O)CCOc2ccccc2)CC1. The summed E-state index contributed by atoms with van der Waals surface area (Å²) in [4.78, 5) is 28.5. The molecule has 2 fully saturated rings. The molecule has 1 aromatic carbocycles. The van der Waals surface area contributed by atoms with Crippen molar-refractivity contribution in [1.29, 1.82) is 5.26 Å². The number of likely N-dealkylation sites (tertiary alicyclic amines) is 1. The van der Waals surface area contributed by atoms with Crippen LogP contribution in [0.3, 0.4) is 0 Å². The molecule has 2 amide bonds. The van der Waals surface area contributed by atoms with Crippen LogP contribution in [-0.4, -0.2) is 67.1 Å². The van der Waals surface area contributed by atoms with Crippen LogP contribution >= 0.6 is 0 Å². The summed E-state index contributed by atoms with van der Waals surface area (Å²) in [5.41, 5.74) is 0. The van der Waals surface area contributed by atoms with Crippen LogP contribution in [0.2, 0.25) is 0 Å². The Kier molecular flexibility index (Phi) is 6.66. The fourth-order valence-corrected chi connectivity index (χ4v) is 3.52. The van der Waals surface area contributed by atoms with Gasteiger partial charge >= 0.3 is 0 Å². The standard InChI is InChI=1S/C20H25N3O4/c21-14-17-15-26-13-11-23(17)20(25)16-6-9-22(10-7-16)19(24)8-12-27-18-4-2-1-3-5-18/h1-5,16-17H,6-13,15H2/t17-/m1/s1. The molecule has 2 saturated heterocycles. The quantitative estimate of drug-likeness (QED) is 0.782. The highest BCUT2D eigenvalue weighted by Gasteiger charge is 2.34. The largest absolute Gasteiger partial charge is 0.493 e. The number of carbonyl (C=O) groups excluding carboxylic acids is 2. The Hall–Kier alpha value is -2.59. The Labute approximate surface area is 159 Å². The van der Waals surface area contributed by atoms with Crippen molar-refractivity contribution >= 4 is 11.8 Å². The van der Waals surface area contributed by atoms with Crippen molar-refractivity contribution in [3.63, 3.8) is 0 Å². The number of carbonyl (C=O) groups is 2. The molecule has 0 aromatic heterocycles. The minimum atomic E-state index is -0.499. The number of amides is 2. The summed E-state index contributed by atoms with van der Waals surface area (Å²) >= 11 is 0. The lowest BCUT2D eigenvalue weighted by Crippen LogP contribution is -2.52. The predicted octanol–water partition coefficient (Wildman–Crippen LogP) is 1.45. The van der Waals surface area contributed by atoms with Crippen molar-refractivity contribution in [1.82, 2.24) is 9.80 Å². The third-order valence-electron chi connectivity index (χ3n) is 5.09. The Balaban J connectivity index is 1.42. The number of rotatable bonds is 5. The van der Waals surface area contributed by atoms with E-state index in [-0.39, 0.29) is 24.3 Å². The minimum absolute atomic E-state index is 0.0179. The molecule has 7 nitrogen and oxygen atoms in total. The van der Waals surface area contributed by atoms with Crippen molar-refractivity contribution in [2.45, 2.75) is 25.3 Å². The van der Waals surface area contributed by atoms with Gasteiger partial charge in [0, 0.05) is 25.6 Å². The summed E-state index contributed by atoms with van der Waals surface area (Å²) < 4.78 is 10.9. The second kappa shape index (κ2) is 9.38. The average Bonchev–Trinajstić information content (AvgIpc) is 2.74. The molecule has 1 aromatic rings. The van der Waals surface area contributed by atoms with Gasteiger partial charge < -0.3 is 19.3 Å². The molecule has 144 valence electrons. The topological polar surface area (TPSA) is 82.9 Å². The number of nitriles is 1. The van der Waals surface area contributed by atoms with Crippen molar-refractivity contribution < 1.29 is 19.1 Å². The van der Waals surface area contributed by atoms with Crippen molar-refractivity contribution in [2.75, 3.05) is 39.5 Å². The highest BCUT2D eigenvalue weighted by molar-refractivity contribution is 5.81. The summed E-state index contributed by atoms with van der Waals surface area (Å²) in [5, 5.41) is 9.20. The van der Waals surface area contributed by atoms with Gasteiger partial charge in [0.15, 0.2) is 0 Å². The van der Waals surface area contributed by atoms with Crippen LogP contribution in [0.4, 0.5) is 0 Å². The van der Waals surface area contributed by atoms with Gasteiger partial charge in [-0.3, -0.25) is 9.59 Å². The van der Waals surface area contributed by atoms with Gasteiger partial charge in [-0.25, -0.2) is 0 Å². The maximum absolute atomic E-state index is 12.7. The summed E-state index contributed by atoms with van der Waals surface area (Å²) in [6.45, 7) is 2.71. The maximum atomic E-state index is 12.7. The number of para-hydroxylation sites is 1. The maximum Gasteiger partial charge on any atom is 0.227 e. The lowest BCUT2D eigenvalue weighted by molar-refractivity contribution is -0.146. The molecule has 0 unspecified atom stereocenters. The number of benzene rings is 1. The van der Waals surface area contributed by atoms with E-state index < -0.39 is 6.04 Å². The molecular weight excluding hydrogens is 346 g/mol. The van der Waals surface area contributed by atoms with E-state index in [1.54, 1.807) is 9.80 Å². The number of morpholine rings is 1. The first-order valence-corrected chi connectivity index (χ1v) is 9.42. The molecule has 0 N–H and O–H groups in total. The summed E-state index contributed by atoms with van der Waals surface area (Å²) in [6.07, 6.45) is 1.60. The van der Waals surface area contributed by atoms with Gasteiger partial charge in [-0.2, -0.15) is 5.26 Å². The molecule has 0 aliphatic carbocycles. The number of nitrogens with zero attached hydrogens (tertiary/aromatic N) is 3. The number of hydrogen-bond donors (Lipinski definition) is 0. The third kappa shape index (κ3) is 4.98. The first-order valence-electron chi connectivity index (χ1n) is 9.42. The number of ether oxygens (including phenoxy) is 2. The predicted molar refractivity (Wildman–Crippen MR) is 97.8 cm³/mol. The van der Waals surface area contributed by atoms with Gasteiger partial charge in [0.25, 0.3) is 0 Å². The zero-order valence-corrected chi connectivity index (χ0v) is 15.4. The molecular formula is C20H25N3O4. The molecule has 2 heterocycles. The fraction of sp³-hybridized carbons (Fsp3) is 0.550. The minimum Gasteiger partial charge on any atom is -0.493 e. The second-order valence-corrected chi connectivity index (χ2v) is 6.82. The first-order chi connectivity index (χ1) is 13.2. The van der Waals surface area contributed by atoms with Crippen molar-refractivity contribution in [2.24, 2.45) is 5.92 Å². The van der Waals surface area contributed by atoms with Gasteiger partial charge in [-0.1, -0.05) is 18.2 Å². The molecule has 1 atom stereocenters. The smallest absolute Gasteiger partial charge is 0.227 e. The van der Waals surface area contributed by atoms with E-state index in [2.05, 4.69) is 6.07 Å². The summed E-state index contributed by atoms with van der Waals surface area (Å²) in [5.74, 6) is 0.707. The Morgan fingerprint density at radius 2 is 1.93 bits per heavy atom. The molecule has 0 bridgehead atoms. The van der Waals surface area contributed by atoms with Crippen LogP contribution < -0.4 is 4.74 Å². The van der Waals surface area contributed by atoms with E-state index >= 15 is 0 Å². The molecule has 0 spiro atoms. The lowest BCUT2D eigenvalue weighted by atomic mass is 9.94. The van der Waals surface area contributed by atoms with Gasteiger partial charge in [-0.15, -0.1) is 0 Å². The summed E-state index contributed by atoms with van der Waals surface area (Å²) in [6, 6.07) is 11.1. The third-order valence-corrected chi connectivity index (χ3v) is 5.09. The van der Waals surface area contributed by atoms with Crippen LogP contribution in [0.5, 0.6) is 5.75 Å². The Morgan fingerprint density at radius 3 is 2.63 bits per heavy atom. The molecule has 0 radical (unpaired) electrons. The normalized spacial score (nSPS) is 20.8. The summed E-state index contributed by atoms with van der Waals surface area (Å²) in [7, 11) is 0. The number of hydrogen-bond acceptors (Lipinski definition) is 5. The highest BCUT2D eigenvalue weighted by Crippen LogP contribution is 2.22. The molecule has 2 aliphatic heterocycles. The Morgan fingerprint density at radius 1 is 1.19 bits per heavy atom. The van der Waals surface area contributed by atoms with Crippen molar-refractivity contribution in [3.8, 4) is 11.8 Å². The molecule has 3 rings (SSSR count). The zero-order chi connectivity index (χ0) is 19.1. The van der Waals surface area contributed by atoms with Crippen LogP contribution in [-0.2, 0) is 14.3 Å². The molecule has 7 heteroatoms. The van der Waals surface area contributed by atoms with Gasteiger partial charge in [-0.05, 0) is 25.0 Å². The van der Waals surface area contributed by atoms with E-state index in [1.165, 1.54) is 0 Å². The van der Waals surface area contributed by atoms with E-state index in [0.29, 0.717) is 52.1 Å². The van der Waals surface area contributed by atoms with E-state index in [0.717, 1.165) is 5.75 Å². The highest BCUT2D eigenvalue weighted by atomic mass is 16.5. The Bertz CT molecular complexity index is 680. The van der Waals surface area contributed by atoms with Crippen LogP contribution in [0.1, 0.15) is 19.3 Å². The van der Waals surface area contributed by atoms with E-state index in [9.17, 15) is 14.9 Å². The van der Waals surface area contributed by atoms with E-state index in [4.69, 9.17) is 9.47 Å². The molecule has 0 saturated carbocycles. The first kappa shape index (κ1) is 19.2. The lowest BCUT2D eigenvalue weighted by Gasteiger charge is -2.37. The van der Waals surface area contributed by atoms with Gasteiger partial charge in [0.05, 0.1) is 32.3 Å². The van der Waals surface area contributed by atoms with Crippen LogP contribution in [0.15, 0.2) is 30.3 Å². The van der Waals surface area contributed by atoms with E-state index in [1.807, 2.05) is 30.3 Å². The van der Waals surface area contributed by atoms with Crippen LogP contribution in [0.25, 0.3) is 0 Å². The van der Waals surface area contributed by atoms with Gasteiger partial charge in [0.2, 0.25) is 11.8 Å². The molecule has 27 heavy (non-hydrogen) atoms. The van der Waals surface area contributed by atoms with Gasteiger partial charge in [0.1, 0.15) is 11.8 Å².